The lowest BCUT2D eigenvalue weighted by molar-refractivity contribution is 0.114. The van der Waals surface area contributed by atoms with Crippen LogP contribution in [0.5, 0.6) is 5.88 Å². The van der Waals surface area contributed by atoms with Crippen LogP contribution in [-0.4, -0.2) is 33.1 Å². The minimum absolute atomic E-state index is 0.193. The van der Waals surface area contributed by atoms with Crippen molar-refractivity contribution in [2.75, 3.05) is 11.9 Å². The molecule has 2 saturated carbocycles. The molecule has 2 fully saturated rings. The van der Waals surface area contributed by atoms with Gasteiger partial charge in [0.2, 0.25) is 5.88 Å². The first kappa shape index (κ1) is 20.1. The van der Waals surface area contributed by atoms with Crippen molar-refractivity contribution in [1.82, 2.24) is 14.9 Å². The summed E-state index contributed by atoms with van der Waals surface area (Å²) in [6, 6.07) is 8.55. The highest BCUT2D eigenvalue weighted by molar-refractivity contribution is 6.30. The van der Waals surface area contributed by atoms with Crippen LogP contribution in [0.15, 0.2) is 18.3 Å². The summed E-state index contributed by atoms with van der Waals surface area (Å²) >= 11 is 6.34. The van der Waals surface area contributed by atoms with Crippen LogP contribution in [0.25, 0.3) is 0 Å². The molecule has 0 aromatic carbocycles. The predicted molar refractivity (Wildman–Crippen MR) is 115 cm³/mol. The van der Waals surface area contributed by atoms with E-state index in [1.165, 1.54) is 6.42 Å². The maximum Gasteiger partial charge on any atom is 0.213 e. The number of hydrogen-bond donors (Lipinski definition) is 1. The van der Waals surface area contributed by atoms with Crippen molar-refractivity contribution in [3.05, 3.63) is 45.7 Å². The van der Waals surface area contributed by atoms with Crippen LogP contribution >= 0.6 is 11.6 Å². The Morgan fingerprint density at radius 1 is 1.26 bits per heavy atom. The summed E-state index contributed by atoms with van der Waals surface area (Å²) in [6.07, 6.45) is 7.99. The van der Waals surface area contributed by atoms with Gasteiger partial charge in [-0.3, -0.25) is 4.90 Å². The van der Waals surface area contributed by atoms with E-state index in [1.807, 2.05) is 12.3 Å². The van der Waals surface area contributed by atoms with E-state index in [0.717, 1.165) is 61.9 Å². The van der Waals surface area contributed by atoms with Crippen molar-refractivity contribution in [2.24, 2.45) is 0 Å². The van der Waals surface area contributed by atoms with Gasteiger partial charge in [-0.2, -0.15) is 10.5 Å². The summed E-state index contributed by atoms with van der Waals surface area (Å²) in [4.78, 5) is 11.2. The van der Waals surface area contributed by atoms with Crippen LogP contribution in [0.1, 0.15) is 54.4 Å². The molecule has 5 rings (SSSR count). The topological polar surface area (TPSA) is 97.9 Å². The van der Waals surface area contributed by atoms with Crippen LogP contribution in [0.2, 0.25) is 5.15 Å². The van der Waals surface area contributed by atoms with E-state index in [2.05, 4.69) is 38.4 Å². The van der Waals surface area contributed by atoms with Gasteiger partial charge >= 0.3 is 0 Å². The van der Waals surface area contributed by atoms with E-state index >= 15 is 0 Å². The first-order valence-electron chi connectivity index (χ1n) is 10.7. The summed E-state index contributed by atoms with van der Waals surface area (Å²) < 4.78 is 5.84. The van der Waals surface area contributed by atoms with Crippen LogP contribution in [-0.2, 0) is 19.5 Å². The third kappa shape index (κ3) is 4.04. The second-order valence-electron chi connectivity index (χ2n) is 8.65. The van der Waals surface area contributed by atoms with Crippen LogP contribution < -0.4 is 10.1 Å². The smallest absolute Gasteiger partial charge is 0.213 e. The molecule has 3 aliphatic rings. The fourth-order valence-corrected chi connectivity index (χ4v) is 4.36. The number of nitrogens with zero attached hydrogens (tertiary/aromatic N) is 5. The van der Waals surface area contributed by atoms with E-state index in [9.17, 15) is 10.5 Å². The first-order valence-corrected chi connectivity index (χ1v) is 11.1. The molecule has 0 radical (unpaired) electrons. The van der Waals surface area contributed by atoms with Crippen molar-refractivity contribution >= 4 is 17.4 Å². The zero-order valence-electron chi connectivity index (χ0n) is 17.2. The van der Waals surface area contributed by atoms with Gasteiger partial charge in [-0.25, -0.2) is 9.97 Å². The van der Waals surface area contributed by atoms with Gasteiger partial charge in [0.15, 0.2) is 0 Å². The maximum absolute atomic E-state index is 9.67. The minimum atomic E-state index is -0.537. The zero-order valence-corrected chi connectivity index (χ0v) is 18.0. The van der Waals surface area contributed by atoms with Crippen molar-refractivity contribution in [1.29, 1.82) is 10.5 Å². The van der Waals surface area contributed by atoms with Crippen LogP contribution in [0.3, 0.4) is 0 Å². The molecule has 2 aromatic heterocycles. The Morgan fingerprint density at radius 2 is 2.10 bits per heavy atom. The molecule has 0 amide bonds. The van der Waals surface area contributed by atoms with Crippen molar-refractivity contribution < 1.29 is 4.74 Å². The van der Waals surface area contributed by atoms with Gasteiger partial charge in [-0.05, 0) is 49.7 Å². The molecule has 1 aliphatic heterocycles. The number of nitrogens with one attached hydrogen (secondary N) is 1. The van der Waals surface area contributed by atoms with Gasteiger partial charge in [0.25, 0.3) is 0 Å². The van der Waals surface area contributed by atoms with E-state index in [-0.39, 0.29) is 5.15 Å². The molecule has 0 atom stereocenters. The van der Waals surface area contributed by atoms with Gasteiger partial charge in [0.1, 0.15) is 28.7 Å². The SMILES string of the molecule is N#Cc1c(Cl)nc(NC2(C#N)CC2)c2c1CN(Cc1ccc(OC3CCC3)nc1)CC2. The van der Waals surface area contributed by atoms with E-state index in [0.29, 0.717) is 29.9 Å². The summed E-state index contributed by atoms with van der Waals surface area (Å²) in [5, 5.41) is 22.6. The molecule has 3 heterocycles. The Bertz CT molecular complexity index is 1080. The number of anilines is 1. The lowest BCUT2D eigenvalue weighted by atomic mass is 9.96. The van der Waals surface area contributed by atoms with E-state index in [4.69, 9.17) is 16.3 Å². The quantitative estimate of drug-likeness (QED) is 0.687. The number of halogens is 1. The standard InChI is InChI=1S/C23H23ClN6O/c24-21-18(10-25)19-13-30(9-6-17(19)22(28-21)29-23(14-26)7-8-23)12-15-4-5-20(27-11-15)31-16-2-1-3-16/h4-5,11,16H,1-3,6-9,12-13H2,(H,28,29). The van der Waals surface area contributed by atoms with Gasteiger partial charge in [0.05, 0.1) is 11.6 Å². The molecule has 31 heavy (non-hydrogen) atoms. The second kappa shape index (κ2) is 8.00. The van der Waals surface area contributed by atoms with Gasteiger partial charge in [-0.15, -0.1) is 0 Å². The lowest BCUT2D eigenvalue weighted by Crippen LogP contribution is -2.32. The van der Waals surface area contributed by atoms with Crippen LogP contribution in [0, 0.1) is 22.7 Å². The Labute approximate surface area is 186 Å². The molecule has 7 nitrogen and oxygen atoms in total. The van der Waals surface area contributed by atoms with Gasteiger partial charge in [-0.1, -0.05) is 17.7 Å². The normalized spacial score (nSPS) is 19.5. The summed E-state index contributed by atoms with van der Waals surface area (Å²) in [5.41, 5.74) is 2.90. The predicted octanol–water partition coefficient (Wildman–Crippen LogP) is 3.96. The first-order chi connectivity index (χ1) is 15.1. The molecule has 158 valence electrons. The minimum Gasteiger partial charge on any atom is -0.474 e. The van der Waals surface area contributed by atoms with Gasteiger partial charge in [0, 0.05) is 37.5 Å². The highest BCUT2D eigenvalue weighted by Gasteiger charge is 2.44. The monoisotopic (exact) mass is 434 g/mol. The Hall–Kier alpha value is -2.87. The third-order valence-corrected chi connectivity index (χ3v) is 6.68. The Balaban J connectivity index is 1.33. The molecule has 2 aromatic rings. The largest absolute Gasteiger partial charge is 0.474 e. The third-order valence-electron chi connectivity index (χ3n) is 6.40. The molecule has 0 bridgehead atoms. The molecule has 0 saturated heterocycles. The lowest BCUT2D eigenvalue weighted by Gasteiger charge is -2.31. The number of nitriles is 2. The summed E-state index contributed by atoms with van der Waals surface area (Å²) in [7, 11) is 0. The van der Waals surface area contributed by atoms with E-state index in [1.54, 1.807) is 0 Å². The van der Waals surface area contributed by atoms with Crippen molar-refractivity contribution in [2.45, 2.75) is 63.3 Å². The van der Waals surface area contributed by atoms with Crippen LogP contribution in [0.4, 0.5) is 5.82 Å². The zero-order chi connectivity index (χ0) is 21.4. The van der Waals surface area contributed by atoms with E-state index < -0.39 is 5.54 Å². The number of fused-ring (bicyclic) bond motifs is 1. The second-order valence-corrected chi connectivity index (χ2v) is 9.01. The molecular formula is C23H23ClN6O. The molecule has 0 unspecified atom stereocenters. The molecule has 8 heteroatoms. The highest BCUT2D eigenvalue weighted by Crippen LogP contribution is 2.41. The average molecular weight is 435 g/mol. The number of hydrogen-bond acceptors (Lipinski definition) is 7. The fraction of sp³-hybridized carbons (Fsp3) is 0.478. The molecular weight excluding hydrogens is 412 g/mol. The van der Waals surface area contributed by atoms with Crippen molar-refractivity contribution in [3.63, 3.8) is 0 Å². The number of ether oxygens (including phenoxy) is 1. The number of pyridine rings is 2. The number of aromatic nitrogens is 2. The van der Waals surface area contributed by atoms with Crippen molar-refractivity contribution in [3.8, 4) is 18.0 Å². The number of rotatable bonds is 6. The molecule has 2 aliphatic carbocycles. The molecule has 0 spiro atoms. The average Bonchev–Trinajstić information content (AvgIpc) is 3.52. The fourth-order valence-electron chi connectivity index (χ4n) is 4.12. The molecule has 1 N–H and O–H groups in total. The highest BCUT2D eigenvalue weighted by atomic mass is 35.5. The Morgan fingerprint density at radius 3 is 2.71 bits per heavy atom. The summed E-state index contributed by atoms with van der Waals surface area (Å²) in [5.74, 6) is 1.33. The van der Waals surface area contributed by atoms with Gasteiger partial charge < -0.3 is 10.1 Å². The summed E-state index contributed by atoms with van der Waals surface area (Å²) in [6.45, 7) is 2.16. The maximum atomic E-state index is 9.67. The Kier molecular flexibility index (Phi) is 5.17.